The number of halogens is 2. The van der Waals surface area contributed by atoms with E-state index in [1.807, 2.05) is 12.1 Å². The summed E-state index contributed by atoms with van der Waals surface area (Å²) in [6.07, 6.45) is 1.02. The SMILES string of the molecule is CN1CCC(c2cccc(Cl)c2F)C1. The van der Waals surface area contributed by atoms with Gasteiger partial charge in [0.1, 0.15) is 5.82 Å². The molecule has 1 heterocycles. The van der Waals surface area contributed by atoms with Gasteiger partial charge in [0.2, 0.25) is 0 Å². The quantitative estimate of drug-likeness (QED) is 0.694. The van der Waals surface area contributed by atoms with Crippen LogP contribution in [0.5, 0.6) is 0 Å². The number of rotatable bonds is 1. The van der Waals surface area contributed by atoms with E-state index < -0.39 is 0 Å². The van der Waals surface area contributed by atoms with Crippen LogP contribution in [0.4, 0.5) is 4.39 Å². The Morgan fingerprint density at radius 1 is 1.50 bits per heavy atom. The fourth-order valence-corrected chi connectivity index (χ4v) is 2.21. The zero-order valence-corrected chi connectivity index (χ0v) is 8.89. The van der Waals surface area contributed by atoms with Crippen LogP contribution in [0, 0.1) is 5.82 Å². The largest absolute Gasteiger partial charge is 0.306 e. The zero-order chi connectivity index (χ0) is 10.1. The van der Waals surface area contributed by atoms with Gasteiger partial charge in [-0.1, -0.05) is 23.7 Å². The van der Waals surface area contributed by atoms with Crippen LogP contribution in [0.3, 0.4) is 0 Å². The lowest BCUT2D eigenvalue weighted by Crippen LogP contribution is -2.13. The summed E-state index contributed by atoms with van der Waals surface area (Å²) in [7, 11) is 2.06. The molecular formula is C11H13ClFN. The van der Waals surface area contributed by atoms with Crippen molar-refractivity contribution in [2.75, 3.05) is 20.1 Å². The third-order valence-electron chi connectivity index (χ3n) is 2.81. The van der Waals surface area contributed by atoms with E-state index in [2.05, 4.69) is 11.9 Å². The molecule has 1 aromatic rings. The minimum absolute atomic E-state index is 0.233. The fourth-order valence-electron chi connectivity index (χ4n) is 2.02. The summed E-state index contributed by atoms with van der Waals surface area (Å²) in [5, 5.41) is 0.233. The molecule has 76 valence electrons. The average molecular weight is 214 g/mol. The minimum Gasteiger partial charge on any atom is -0.306 e. The van der Waals surface area contributed by atoms with Gasteiger partial charge in [-0.25, -0.2) is 4.39 Å². The summed E-state index contributed by atoms with van der Waals surface area (Å²) in [6.45, 7) is 1.97. The number of likely N-dealkylation sites (N-methyl/N-ethyl adjacent to an activating group) is 1. The Morgan fingerprint density at radius 2 is 2.29 bits per heavy atom. The molecule has 1 atom stereocenters. The Balaban J connectivity index is 2.28. The molecule has 0 saturated carbocycles. The van der Waals surface area contributed by atoms with Crippen LogP contribution in [-0.4, -0.2) is 25.0 Å². The van der Waals surface area contributed by atoms with Crippen molar-refractivity contribution in [3.8, 4) is 0 Å². The van der Waals surface area contributed by atoms with E-state index in [4.69, 9.17) is 11.6 Å². The van der Waals surface area contributed by atoms with Crippen molar-refractivity contribution in [2.24, 2.45) is 0 Å². The van der Waals surface area contributed by atoms with E-state index in [9.17, 15) is 4.39 Å². The van der Waals surface area contributed by atoms with Gasteiger partial charge in [0.25, 0.3) is 0 Å². The molecule has 0 aromatic heterocycles. The third-order valence-corrected chi connectivity index (χ3v) is 3.10. The van der Waals surface area contributed by atoms with Gasteiger partial charge < -0.3 is 4.90 Å². The van der Waals surface area contributed by atoms with Crippen molar-refractivity contribution < 1.29 is 4.39 Å². The van der Waals surface area contributed by atoms with Crippen LogP contribution in [0.1, 0.15) is 17.9 Å². The van der Waals surface area contributed by atoms with Crippen molar-refractivity contribution in [1.82, 2.24) is 4.90 Å². The van der Waals surface area contributed by atoms with Crippen LogP contribution in [0.25, 0.3) is 0 Å². The predicted octanol–water partition coefficient (Wildman–Crippen LogP) is 2.90. The molecule has 3 heteroatoms. The lowest BCUT2D eigenvalue weighted by molar-refractivity contribution is 0.410. The molecule has 0 radical (unpaired) electrons. The first-order valence-corrected chi connectivity index (χ1v) is 5.18. The summed E-state index contributed by atoms with van der Waals surface area (Å²) in [4.78, 5) is 2.21. The van der Waals surface area contributed by atoms with Crippen molar-refractivity contribution in [2.45, 2.75) is 12.3 Å². The number of hydrogen-bond acceptors (Lipinski definition) is 1. The van der Waals surface area contributed by atoms with Gasteiger partial charge in [-0.2, -0.15) is 0 Å². The summed E-state index contributed by atoms with van der Waals surface area (Å²) >= 11 is 5.74. The Labute approximate surface area is 88.5 Å². The van der Waals surface area contributed by atoms with Gasteiger partial charge >= 0.3 is 0 Å². The Hall–Kier alpha value is -0.600. The molecule has 1 fully saturated rings. The second kappa shape index (κ2) is 3.87. The van der Waals surface area contributed by atoms with Gasteiger partial charge in [0.05, 0.1) is 5.02 Å². The molecule has 0 bridgehead atoms. The molecule has 2 rings (SSSR count). The van der Waals surface area contributed by atoms with E-state index >= 15 is 0 Å². The maximum Gasteiger partial charge on any atom is 0.145 e. The van der Waals surface area contributed by atoms with Crippen molar-refractivity contribution in [3.63, 3.8) is 0 Å². The first kappa shape index (κ1) is 9.94. The van der Waals surface area contributed by atoms with Crippen LogP contribution >= 0.6 is 11.6 Å². The van der Waals surface area contributed by atoms with Crippen LogP contribution in [0.15, 0.2) is 18.2 Å². The Bertz CT molecular complexity index is 340. The molecule has 1 saturated heterocycles. The maximum atomic E-state index is 13.6. The number of nitrogens with zero attached hydrogens (tertiary/aromatic N) is 1. The molecule has 0 spiro atoms. The number of hydrogen-bond donors (Lipinski definition) is 0. The van der Waals surface area contributed by atoms with E-state index in [-0.39, 0.29) is 10.8 Å². The first-order valence-electron chi connectivity index (χ1n) is 4.81. The van der Waals surface area contributed by atoms with Gasteiger partial charge in [-0.05, 0) is 31.6 Å². The van der Waals surface area contributed by atoms with Gasteiger partial charge in [-0.3, -0.25) is 0 Å². The Morgan fingerprint density at radius 3 is 2.93 bits per heavy atom. The second-order valence-corrected chi connectivity index (χ2v) is 4.30. The van der Waals surface area contributed by atoms with Gasteiger partial charge in [-0.15, -0.1) is 0 Å². The van der Waals surface area contributed by atoms with Crippen LogP contribution in [0.2, 0.25) is 5.02 Å². The van der Waals surface area contributed by atoms with E-state index in [0.29, 0.717) is 5.92 Å². The Kier molecular flexibility index (Phi) is 2.75. The van der Waals surface area contributed by atoms with E-state index in [1.165, 1.54) is 0 Å². The molecule has 1 aliphatic heterocycles. The molecule has 1 nitrogen and oxygen atoms in total. The molecule has 1 unspecified atom stereocenters. The van der Waals surface area contributed by atoms with E-state index in [1.54, 1.807) is 6.07 Å². The normalized spacial score (nSPS) is 22.9. The van der Waals surface area contributed by atoms with Crippen molar-refractivity contribution >= 4 is 11.6 Å². The third kappa shape index (κ3) is 1.77. The molecule has 0 N–H and O–H groups in total. The molecule has 1 aliphatic rings. The second-order valence-electron chi connectivity index (χ2n) is 3.89. The predicted molar refractivity (Wildman–Crippen MR) is 56.3 cm³/mol. The number of likely N-dealkylation sites (tertiary alicyclic amines) is 1. The highest BCUT2D eigenvalue weighted by molar-refractivity contribution is 6.30. The lowest BCUT2D eigenvalue weighted by Gasteiger charge is -2.12. The molecular weight excluding hydrogens is 201 g/mol. The summed E-state index contributed by atoms with van der Waals surface area (Å²) in [5.41, 5.74) is 0.766. The first-order chi connectivity index (χ1) is 6.68. The topological polar surface area (TPSA) is 3.24 Å². The van der Waals surface area contributed by atoms with Gasteiger partial charge in [0, 0.05) is 12.5 Å². The summed E-state index contributed by atoms with van der Waals surface area (Å²) < 4.78 is 13.6. The minimum atomic E-state index is -0.241. The molecule has 1 aromatic carbocycles. The maximum absolute atomic E-state index is 13.6. The van der Waals surface area contributed by atoms with E-state index in [0.717, 1.165) is 25.1 Å². The van der Waals surface area contributed by atoms with Crippen molar-refractivity contribution in [1.29, 1.82) is 0 Å². The summed E-state index contributed by atoms with van der Waals surface area (Å²) in [6, 6.07) is 5.25. The monoisotopic (exact) mass is 213 g/mol. The van der Waals surface area contributed by atoms with Gasteiger partial charge in [0.15, 0.2) is 0 Å². The molecule has 0 amide bonds. The van der Waals surface area contributed by atoms with Crippen LogP contribution < -0.4 is 0 Å². The highest BCUT2D eigenvalue weighted by Crippen LogP contribution is 2.30. The van der Waals surface area contributed by atoms with Crippen molar-refractivity contribution in [3.05, 3.63) is 34.6 Å². The summed E-state index contributed by atoms with van der Waals surface area (Å²) in [5.74, 6) is 0.0631. The molecule has 14 heavy (non-hydrogen) atoms. The number of benzene rings is 1. The van der Waals surface area contributed by atoms with Crippen LogP contribution in [-0.2, 0) is 0 Å². The average Bonchev–Trinajstić information content (AvgIpc) is 2.57. The zero-order valence-electron chi connectivity index (χ0n) is 8.13. The standard InChI is InChI=1S/C11H13ClFN/c1-14-6-5-8(7-14)9-3-2-4-10(12)11(9)13/h2-4,8H,5-7H2,1H3. The molecule has 0 aliphatic carbocycles. The highest BCUT2D eigenvalue weighted by Gasteiger charge is 2.24. The highest BCUT2D eigenvalue weighted by atomic mass is 35.5. The lowest BCUT2D eigenvalue weighted by atomic mass is 9.98. The fraction of sp³-hybridized carbons (Fsp3) is 0.455. The smallest absolute Gasteiger partial charge is 0.145 e.